The molecular formula is C19H25N3O5. The Kier molecular flexibility index (Phi) is 4.92. The third-order valence-corrected chi connectivity index (χ3v) is 5.44. The minimum Gasteiger partial charge on any atom is -0.495 e. The first kappa shape index (κ1) is 18.1. The van der Waals surface area contributed by atoms with Gasteiger partial charge in [0.15, 0.2) is 5.79 Å². The van der Waals surface area contributed by atoms with Gasteiger partial charge < -0.3 is 24.4 Å². The molecule has 3 fully saturated rings. The molecule has 8 heteroatoms. The van der Waals surface area contributed by atoms with Crippen molar-refractivity contribution in [1.82, 2.24) is 5.32 Å². The van der Waals surface area contributed by atoms with E-state index in [-0.39, 0.29) is 11.8 Å². The molecule has 1 atom stereocenters. The minimum atomic E-state index is -0.412. The maximum atomic E-state index is 11.9. The van der Waals surface area contributed by atoms with Crippen molar-refractivity contribution >= 4 is 23.2 Å². The Hall–Kier alpha value is -2.32. The molecule has 0 aliphatic carbocycles. The van der Waals surface area contributed by atoms with Crippen LogP contribution in [0.25, 0.3) is 0 Å². The summed E-state index contributed by atoms with van der Waals surface area (Å²) in [6.45, 7) is 3.00. The molecule has 27 heavy (non-hydrogen) atoms. The number of nitrogens with one attached hydrogen (secondary N) is 2. The second-order valence-corrected chi connectivity index (χ2v) is 7.13. The zero-order valence-electron chi connectivity index (χ0n) is 15.5. The molecule has 1 unspecified atom stereocenters. The number of rotatable bonds is 4. The quantitative estimate of drug-likeness (QED) is 0.766. The number of amides is 2. The molecular weight excluding hydrogens is 350 g/mol. The average Bonchev–Trinajstić information content (AvgIpc) is 3.13. The molecule has 146 valence electrons. The van der Waals surface area contributed by atoms with E-state index in [9.17, 15) is 9.59 Å². The fourth-order valence-corrected chi connectivity index (χ4v) is 3.94. The van der Waals surface area contributed by atoms with E-state index in [1.807, 2.05) is 18.2 Å². The van der Waals surface area contributed by atoms with Crippen LogP contribution in [-0.2, 0) is 19.1 Å². The normalized spacial score (nSPS) is 24.8. The summed E-state index contributed by atoms with van der Waals surface area (Å²) < 4.78 is 17.2. The highest BCUT2D eigenvalue weighted by atomic mass is 16.7. The highest BCUT2D eigenvalue weighted by Gasteiger charge is 2.40. The summed E-state index contributed by atoms with van der Waals surface area (Å²) in [6, 6.07) is 5.42. The van der Waals surface area contributed by atoms with Crippen molar-refractivity contribution < 1.29 is 23.8 Å². The van der Waals surface area contributed by atoms with Gasteiger partial charge in [0.25, 0.3) is 0 Å². The Balaban J connectivity index is 1.44. The van der Waals surface area contributed by atoms with E-state index < -0.39 is 11.8 Å². The predicted octanol–water partition coefficient (Wildman–Crippen LogP) is 1.26. The standard InChI is InChI=1S/C19H25N3O5/c1-25-16-12-13(20-14-3-5-17(23)21-18(14)24)2-4-15(16)22-8-6-19(7-9-22)26-10-11-27-19/h2,4,12,14,20H,3,5-11H2,1H3,(H,21,23,24). The second kappa shape index (κ2) is 7.36. The Bertz CT molecular complexity index is 722. The maximum absolute atomic E-state index is 11.9. The number of benzene rings is 1. The zero-order valence-corrected chi connectivity index (χ0v) is 15.5. The summed E-state index contributed by atoms with van der Waals surface area (Å²) >= 11 is 0. The first-order valence-electron chi connectivity index (χ1n) is 9.40. The molecule has 0 bridgehead atoms. The lowest BCUT2D eigenvalue weighted by Gasteiger charge is -2.39. The number of carbonyl (C=O) groups excluding carboxylic acids is 2. The van der Waals surface area contributed by atoms with Crippen LogP contribution in [0.15, 0.2) is 18.2 Å². The van der Waals surface area contributed by atoms with Crippen LogP contribution < -0.4 is 20.3 Å². The zero-order chi connectivity index (χ0) is 18.9. The highest BCUT2D eigenvalue weighted by Crippen LogP contribution is 2.37. The van der Waals surface area contributed by atoms with E-state index in [4.69, 9.17) is 14.2 Å². The van der Waals surface area contributed by atoms with Crippen LogP contribution in [0.2, 0.25) is 0 Å². The number of ether oxygens (including phenoxy) is 3. The Morgan fingerprint density at radius 3 is 2.63 bits per heavy atom. The van der Waals surface area contributed by atoms with Crippen LogP contribution in [0.5, 0.6) is 5.75 Å². The van der Waals surface area contributed by atoms with Gasteiger partial charge in [-0.25, -0.2) is 0 Å². The molecule has 1 aromatic carbocycles. The fraction of sp³-hybridized carbons (Fsp3) is 0.579. The average molecular weight is 375 g/mol. The van der Waals surface area contributed by atoms with Crippen molar-refractivity contribution in [3.05, 3.63) is 18.2 Å². The van der Waals surface area contributed by atoms with Gasteiger partial charge in [-0.1, -0.05) is 0 Å². The Labute approximate surface area is 158 Å². The lowest BCUT2D eigenvalue weighted by atomic mass is 10.0. The first-order chi connectivity index (χ1) is 13.1. The largest absolute Gasteiger partial charge is 0.495 e. The second-order valence-electron chi connectivity index (χ2n) is 7.13. The van der Waals surface area contributed by atoms with E-state index in [1.54, 1.807) is 7.11 Å². The van der Waals surface area contributed by atoms with Crippen LogP contribution in [0.4, 0.5) is 11.4 Å². The molecule has 3 aliphatic heterocycles. The van der Waals surface area contributed by atoms with Crippen LogP contribution in [0, 0.1) is 0 Å². The summed E-state index contributed by atoms with van der Waals surface area (Å²) in [7, 11) is 1.64. The molecule has 3 saturated heterocycles. The number of methoxy groups -OCH3 is 1. The van der Waals surface area contributed by atoms with E-state index in [2.05, 4.69) is 15.5 Å². The van der Waals surface area contributed by atoms with Crippen molar-refractivity contribution in [1.29, 1.82) is 0 Å². The number of carbonyl (C=O) groups is 2. The van der Waals surface area contributed by atoms with Crippen molar-refractivity contribution in [3.63, 3.8) is 0 Å². The fourth-order valence-electron chi connectivity index (χ4n) is 3.94. The monoisotopic (exact) mass is 375 g/mol. The number of nitrogens with zero attached hydrogens (tertiary/aromatic N) is 1. The summed E-state index contributed by atoms with van der Waals surface area (Å²) in [6.07, 6.45) is 2.49. The van der Waals surface area contributed by atoms with Crippen LogP contribution in [0.1, 0.15) is 25.7 Å². The van der Waals surface area contributed by atoms with Gasteiger partial charge >= 0.3 is 0 Å². The molecule has 2 N–H and O–H groups in total. The molecule has 0 radical (unpaired) electrons. The lowest BCUT2D eigenvalue weighted by Crippen LogP contribution is -2.47. The Morgan fingerprint density at radius 2 is 1.96 bits per heavy atom. The highest BCUT2D eigenvalue weighted by molar-refractivity contribution is 6.01. The molecule has 0 saturated carbocycles. The molecule has 0 aromatic heterocycles. The lowest BCUT2D eigenvalue weighted by molar-refractivity contribution is -0.169. The molecule has 1 aromatic rings. The summed E-state index contributed by atoms with van der Waals surface area (Å²) in [4.78, 5) is 25.5. The molecule has 4 rings (SSSR count). The smallest absolute Gasteiger partial charge is 0.249 e. The first-order valence-corrected chi connectivity index (χ1v) is 9.40. The van der Waals surface area contributed by atoms with E-state index in [0.29, 0.717) is 26.1 Å². The van der Waals surface area contributed by atoms with Crippen LogP contribution in [-0.4, -0.2) is 57.1 Å². The van der Waals surface area contributed by atoms with Crippen molar-refractivity contribution in [2.75, 3.05) is 43.6 Å². The number of anilines is 2. The topological polar surface area (TPSA) is 89.1 Å². The van der Waals surface area contributed by atoms with Crippen molar-refractivity contribution in [3.8, 4) is 5.75 Å². The Morgan fingerprint density at radius 1 is 1.22 bits per heavy atom. The number of hydrogen-bond acceptors (Lipinski definition) is 7. The number of piperidine rings is 2. The van der Waals surface area contributed by atoms with Gasteiger partial charge in [-0.2, -0.15) is 0 Å². The number of imide groups is 1. The molecule has 3 heterocycles. The third kappa shape index (κ3) is 3.72. The summed E-state index contributed by atoms with van der Waals surface area (Å²) in [5.74, 6) is -0.162. The van der Waals surface area contributed by atoms with Crippen LogP contribution in [0.3, 0.4) is 0 Å². The summed E-state index contributed by atoms with van der Waals surface area (Å²) in [5, 5.41) is 5.55. The minimum absolute atomic E-state index is 0.218. The van der Waals surface area contributed by atoms with Gasteiger partial charge in [0.1, 0.15) is 11.8 Å². The van der Waals surface area contributed by atoms with Gasteiger partial charge in [-0.3, -0.25) is 14.9 Å². The van der Waals surface area contributed by atoms with Crippen molar-refractivity contribution in [2.24, 2.45) is 0 Å². The van der Waals surface area contributed by atoms with Gasteiger partial charge in [0.2, 0.25) is 11.8 Å². The SMILES string of the molecule is COc1cc(NC2CCC(=O)NC2=O)ccc1N1CCC2(CC1)OCCO2. The van der Waals surface area contributed by atoms with Gasteiger partial charge in [0.05, 0.1) is 26.0 Å². The van der Waals surface area contributed by atoms with E-state index in [0.717, 1.165) is 43.1 Å². The van der Waals surface area contributed by atoms with Gasteiger partial charge in [0, 0.05) is 44.1 Å². The maximum Gasteiger partial charge on any atom is 0.249 e. The molecule has 1 spiro atoms. The van der Waals surface area contributed by atoms with E-state index in [1.165, 1.54) is 0 Å². The molecule has 2 amide bonds. The third-order valence-electron chi connectivity index (χ3n) is 5.44. The van der Waals surface area contributed by atoms with Gasteiger partial charge in [-0.15, -0.1) is 0 Å². The van der Waals surface area contributed by atoms with Crippen LogP contribution >= 0.6 is 0 Å². The molecule has 8 nitrogen and oxygen atoms in total. The number of hydrogen-bond donors (Lipinski definition) is 2. The van der Waals surface area contributed by atoms with Gasteiger partial charge in [-0.05, 0) is 18.6 Å². The molecule has 3 aliphatic rings. The van der Waals surface area contributed by atoms with E-state index >= 15 is 0 Å². The summed E-state index contributed by atoms with van der Waals surface area (Å²) in [5.41, 5.74) is 1.81. The van der Waals surface area contributed by atoms with Crippen molar-refractivity contribution in [2.45, 2.75) is 37.5 Å². The predicted molar refractivity (Wildman–Crippen MR) is 98.9 cm³/mol.